The third-order valence-electron chi connectivity index (χ3n) is 6.70. The second-order valence-electron chi connectivity index (χ2n) is 10.6. The Labute approximate surface area is 221 Å². The van der Waals surface area contributed by atoms with Crippen molar-refractivity contribution in [3.8, 4) is 0 Å². The number of aryl methyl sites for hydroxylation is 1. The number of nitrogens with zero attached hydrogens (tertiary/aromatic N) is 1. The average Bonchev–Trinajstić information content (AvgIpc) is 3.19. The third kappa shape index (κ3) is 9.32. The number of aliphatic carboxylic acids is 1. The average molecular weight is 539 g/mol. The van der Waals surface area contributed by atoms with Gasteiger partial charge in [-0.15, -0.1) is 0 Å². The first kappa shape index (κ1) is 29.5. The second kappa shape index (κ2) is 12.7. The first-order valence-electron chi connectivity index (χ1n) is 12.6. The molecule has 1 aliphatic carbocycles. The minimum atomic E-state index is -4.52. The van der Waals surface area contributed by atoms with Crippen LogP contribution in [0, 0.1) is 5.92 Å². The van der Waals surface area contributed by atoms with Gasteiger partial charge in [-0.25, -0.2) is 4.31 Å². The van der Waals surface area contributed by atoms with Crippen LogP contribution in [0.2, 0.25) is 0 Å². The number of benzene rings is 2. The van der Waals surface area contributed by atoms with Crippen LogP contribution in [0.5, 0.6) is 0 Å². The van der Waals surface area contributed by atoms with Crippen molar-refractivity contribution in [3.05, 3.63) is 64.7 Å². The Balaban J connectivity index is 1.48. The molecule has 1 atom stereocenters. The molecule has 2 aromatic carbocycles. The quantitative estimate of drug-likeness (QED) is 0.289. The van der Waals surface area contributed by atoms with Gasteiger partial charge < -0.3 is 15.5 Å². The zero-order chi connectivity index (χ0) is 27.2. The fourth-order valence-electron chi connectivity index (χ4n) is 5.09. The van der Waals surface area contributed by atoms with Crippen molar-refractivity contribution < 1.29 is 28.2 Å². The van der Waals surface area contributed by atoms with E-state index in [0.29, 0.717) is 17.4 Å². The molecule has 0 aromatic heterocycles. The van der Waals surface area contributed by atoms with Crippen molar-refractivity contribution in [2.75, 3.05) is 20.1 Å². The molecule has 2 aromatic rings. The number of nitrogens with one attached hydrogen (secondary N) is 1. The number of alkyl halides is 3. The number of β-amino-alcohol motifs (C(OH)–C–C–N with tert-alkyl or cyclic N) is 1. The van der Waals surface area contributed by atoms with Gasteiger partial charge in [0.15, 0.2) is 0 Å². The predicted molar refractivity (Wildman–Crippen MR) is 141 cm³/mol. The maximum Gasteiger partial charge on any atom is 0.416 e. The zero-order valence-corrected chi connectivity index (χ0v) is 22.5. The van der Waals surface area contributed by atoms with Gasteiger partial charge in [0.1, 0.15) is 0 Å². The molecule has 9 heteroatoms. The molecule has 5 nitrogen and oxygen atoms in total. The monoisotopic (exact) mass is 538 g/mol. The number of carboxylic acids is 1. The minimum absolute atomic E-state index is 0.0506. The van der Waals surface area contributed by atoms with Crippen molar-refractivity contribution in [1.29, 1.82) is 0 Å². The number of carboxylic acid groups (broad SMARTS) is 1. The summed E-state index contributed by atoms with van der Waals surface area (Å²) in [5, 5.41) is 22.8. The van der Waals surface area contributed by atoms with E-state index in [1.807, 2.05) is 0 Å². The third-order valence-corrected chi connectivity index (χ3v) is 7.63. The van der Waals surface area contributed by atoms with Gasteiger partial charge in [0.05, 0.1) is 11.7 Å². The summed E-state index contributed by atoms with van der Waals surface area (Å²) >= 11 is 1.14. The van der Waals surface area contributed by atoms with E-state index < -0.39 is 23.8 Å². The molecule has 0 aliphatic heterocycles. The molecule has 0 heterocycles. The molecule has 1 aliphatic rings. The van der Waals surface area contributed by atoms with E-state index in [4.69, 9.17) is 5.11 Å². The van der Waals surface area contributed by atoms with Crippen molar-refractivity contribution in [2.24, 2.45) is 5.92 Å². The number of aliphatic hydroxyl groups excluding tert-OH is 1. The van der Waals surface area contributed by atoms with Crippen LogP contribution in [0.4, 0.5) is 13.2 Å². The summed E-state index contributed by atoms with van der Waals surface area (Å²) in [5.74, 6) is -0.465. The maximum absolute atomic E-state index is 13.6. The van der Waals surface area contributed by atoms with Gasteiger partial charge in [0.25, 0.3) is 0 Å². The summed E-state index contributed by atoms with van der Waals surface area (Å²) in [6.07, 6.45) is -2.06. The summed E-state index contributed by atoms with van der Waals surface area (Å²) in [7, 11) is 1.74. The SMILES string of the molecule is CN(C[C@H](O)CNC(C)(C)CC1Cc2ccccc2C1)Sc1ccc(CCCC(=O)O)c(C(F)(F)F)c1. The molecular weight excluding hydrogens is 501 g/mol. The fourth-order valence-corrected chi connectivity index (χ4v) is 5.99. The lowest BCUT2D eigenvalue weighted by Crippen LogP contribution is -2.46. The second-order valence-corrected chi connectivity index (χ2v) is 11.9. The Morgan fingerprint density at radius 2 is 1.81 bits per heavy atom. The van der Waals surface area contributed by atoms with Crippen molar-refractivity contribution in [3.63, 3.8) is 0 Å². The molecule has 0 amide bonds. The molecule has 0 unspecified atom stereocenters. The van der Waals surface area contributed by atoms with Crippen LogP contribution in [0.25, 0.3) is 0 Å². The first-order chi connectivity index (χ1) is 17.3. The van der Waals surface area contributed by atoms with E-state index in [2.05, 4.69) is 43.4 Å². The van der Waals surface area contributed by atoms with E-state index in [1.54, 1.807) is 17.4 Å². The minimum Gasteiger partial charge on any atom is -0.481 e. The number of hydrogen-bond donors (Lipinski definition) is 3. The first-order valence-corrected chi connectivity index (χ1v) is 13.4. The smallest absolute Gasteiger partial charge is 0.416 e. The van der Waals surface area contributed by atoms with Crippen LogP contribution in [0.3, 0.4) is 0 Å². The van der Waals surface area contributed by atoms with Crippen LogP contribution in [0.15, 0.2) is 47.4 Å². The molecule has 3 rings (SSSR count). The summed E-state index contributed by atoms with van der Waals surface area (Å²) in [6.45, 7) is 4.94. The molecule has 0 saturated heterocycles. The van der Waals surface area contributed by atoms with Crippen LogP contribution in [-0.4, -0.2) is 52.3 Å². The molecule has 0 saturated carbocycles. The molecule has 0 radical (unpaired) electrons. The van der Waals surface area contributed by atoms with Gasteiger partial charge in [-0.2, -0.15) is 13.2 Å². The van der Waals surface area contributed by atoms with Gasteiger partial charge in [-0.05, 0) is 99.7 Å². The van der Waals surface area contributed by atoms with E-state index in [9.17, 15) is 23.1 Å². The molecule has 37 heavy (non-hydrogen) atoms. The highest BCUT2D eigenvalue weighted by Gasteiger charge is 2.34. The Morgan fingerprint density at radius 3 is 2.41 bits per heavy atom. The lowest BCUT2D eigenvalue weighted by Gasteiger charge is -2.31. The fraction of sp³-hybridized carbons (Fsp3) is 0.536. The highest BCUT2D eigenvalue weighted by molar-refractivity contribution is 7.97. The van der Waals surface area contributed by atoms with Crippen LogP contribution in [0.1, 0.15) is 55.4 Å². The lowest BCUT2D eigenvalue weighted by molar-refractivity contribution is -0.138. The van der Waals surface area contributed by atoms with Crippen LogP contribution >= 0.6 is 11.9 Å². The summed E-state index contributed by atoms with van der Waals surface area (Å²) in [5.41, 5.74) is 2.04. The Bertz CT molecular complexity index is 1040. The summed E-state index contributed by atoms with van der Waals surface area (Å²) in [6, 6.07) is 12.7. The van der Waals surface area contributed by atoms with Crippen LogP contribution < -0.4 is 5.32 Å². The standard InChI is InChI=1S/C28H37F3N2O3S/c1-27(2,16-19-13-21-7-4-5-8-22(21)14-19)32-17-23(34)18-33(3)37-24-12-11-20(9-6-10-26(35)36)25(15-24)28(29,30)31/h4-5,7-8,11-12,15,19,23,32,34H,6,9-10,13-14,16-18H2,1-3H3,(H,35,36)/t23-/m1/s1. The van der Waals surface area contributed by atoms with Crippen molar-refractivity contribution in [2.45, 2.75) is 75.1 Å². The zero-order valence-electron chi connectivity index (χ0n) is 21.6. The summed E-state index contributed by atoms with van der Waals surface area (Å²) < 4.78 is 42.6. The number of hydrogen-bond acceptors (Lipinski definition) is 5. The van der Waals surface area contributed by atoms with Gasteiger partial charge in [0.2, 0.25) is 0 Å². The van der Waals surface area contributed by atoms with E-state index in [1.165, 1.54) is 17.2 Å². The number of aliphatic hydroxyl groups is 1. The number of carbonyl (C=O) groups is 1. The molecular formula is C28H37F3N2O3S. The number of rotatable bonds is 13. The number of likely N-dealkylation sites (N-methyl/N-ethyl adjacent to an activating group) is 1. The highest BCUT2D eigenvalue weighted by atomic mass is 32.2. The van der Waals surface area contributed by atoms with E-state index in [-0.39, 0.29) is 36.9 Å². The highest BCUT2D eigenvalue weighted by Crippen LogP contribution is 2.36. The van der Waals surface area contributed by atoms with Crippen LogP contribution in [-0.2, 0) is 30.2 Å². The predicted octanol–water partition coefficient (Wildman–Crippen LogP) is 5.59. The van der Waals surface area contributed by atoms with Gasteiger partial charge >= 0.3 is 12.1 Å². The van der Waals surface area contributed by atoms with E-state index in [0.717, 1.165) is 37.3 Å². The van der Waals surface area contributed by atoms with Gasteiger partial charge in [0, 0.05) is 29.9 Å². The topological polar surface area (TPSA) is 72.8 Å². The normalized spacial score (nSPS) is 15.2. The van der Waals surface area contributed by atoms with E-state index >= 15 is 0 Å². The van der Waals surface area contributed by atoms with Crippen molar-refractivity contribution in [1.82, 2.24) is 9.62 Å². The largest absolute Gasteiger partial charge is 0.481 e. The Hall–Kier alpha value is -2.07. The van der Waals surface area contributed by atoms with Gasteiger partial charge in [-0.1, -0.05) is 30.3 Å². The Kier molecular flexibility index (Phi) is 10.1. The molecule has 0 spiro atoms. The molecule has 0 fully saturated rings. The number of halogens is 3. The number of fused-ring (bicyclic) bond motifs is 1. The lowest BCUT2D eigenvalue weighted by atomic mass is 9.88. The Morgan fingerprint density at radius 1 is 1.16 bits per heavy atom. The molecule has 0 bridgehead atoms. The maximum atomic E-state index is 13.6. The van der Waals surface area contributed by atoms with Crippen molar-refractivity contribution >= 4 is 17.9 Å². The van der Waals surface area contributed by atoms with Gasteiger partial charge in [-0.3, -0.25) is 4.79 Å². The molecule has 3 N–H and O–H groups in total. The summed E-state index contributed by atoms with van der Waals surface area (Å²) in [4.78, 5) is 11.1. The molecule has 204 valence electrons.